The number of carbonyl (C=O) groups excluding carboxylic acids is 1. The molecule has 2 aromatic carbocycles. The molecule has 32 heavy (non-hydrogen) atoms. The topological polar surface area (TPSA) is 101 Å². The summed E-state index contributed by atoms with van der Waals surface area (Å²) in [6.45, 7) is 5.52. The van der Waals surface area contributed by atoms with Crippen LogP contribution in [0.3, 0.4) is 0 Å². The third kappa shape index (κ3) is 5.99. The number of hydrogen-bond donors (Lipinski definition) is 1. The predicted octanol–water partition coefficient (Wildman–Crippen LogP) is 4.19. The molecule has 1 amide bonds. The first-order chi connectivity index (χ1) is 15.2. The summed E-state index contributed by atoms with van der Waals surface area (Å²) in [5.41, 5.74) is 1.28. The highest BCUT2D eigenvalue weighted by Gasteiger charge is 2.27. The molecule has 1 N–H and O–H groups in total. The van der Waals surface area contributed by atoms with E-state index >= 15 is 0 Å². The number of thioether (sulfide) groups is 1. The summed E-state index contributed by atoms with van der Waals surface area (Å²) in [5.74, 6) is 0.0590. The van der Waals surface area contributed by atoms with Gasteiger partial charge in [0.2, 0.25) is 11.0 Å². The highest BCUT2D eigenvalue weighted by Crippen LogP contribution is 2.29. The minimum Gasteiger partial charge on any atom is -0.497 e. The van der Waals surface area contributed by atoms with Crippen molar-refractivity contribution in [3.8, 4) is 5.75 Å². The number of methoxy groups -OCH3 is 1. The molecule has 0 saturated carbocycles. The molecule has 3 rings (SSSR count). The van der Waals surface area contributed by atoms with Crippen molar-refractivity contribution in [2.45, 2.75) is 35.3 Å². The van der Waals surface area contributed by atoms with Crippen molar-refractivity contribution in [3.63, 3.8) is 0 Å². The molecule has 0 aliphatic rings. The third-order valence-electron chi connectivity index (χ3n) is 4.25. The molecule has 3 aromatic rings. The molecule has 0 radical (unpaired) electrons. The van der Waals surface area contributed by atoms with Crippen LogP contribution in [-0.2, 0) is 14.8 Å². The number of aromatic nitrogens is 2. The average Bonchev–Trinajstić information content (AvgIpc) is 3.18. The largest absolute Gasteiger partial charge is 0.497 e. The van der Waals surface area contributed by atoms with Crippen LogP contribution in [0.1, 0.15) is 19.4 Å². The van der Waals surface area contributed by atoms with E-state index in [0.29, 0.717) is 21.8 Å². The van der Waals surface area contributed by atoms with Gasteiger partial charge in [-0.1, -0.05) is 54.6 Å². The molecule has 0 saturated heterocycles. The number of rotatable bonds is 9. The molecule has 1 heterocycles. The number of sulfonamides is 1. The smallest absolute Gasteiger partial charge is 0.264 e. The fourth-order valence-corrected chi connectivity index (χ4v) is 6.11. The molecule has 0 bridgehead atoms. The first kappa shape index (κ1) is 24.0. The number of amides is 1. The van der Waals surface area contributed by atoms with E-state index in [0.717, 1.165) is 14.2 Å². The molecule has 0 spiro atoms. The molecule has 0 aliphatic carbocycles. The highest BCUT2D eigenvalue weighted by atomic mass is 32.2. The summed E-state index contributed by atoms with van der Waals surface area (Å²) in [4.78, 5) is 12.9. The van der Waals surface area contributed by atoms with Gasteiger partial charge in [-0.2, -0.15) is 0 Å². The Balaban J connectivity index is 1.87. The second-order valence-corrected chi connectivity index (χ2v) is 11.8. The molecule has 11 heteroatoms. The van der Waals surface area contributed by atoms with Gasteiger partial charge in [-0.25, -0.2) is 8.42 Å². The predicted molar refractivity (Wildman–Crippen MR) is 128 cm³/mol. The van der Waals surface area contributed by atoms with E-state index < -0.39 is 22.5 Å². The van der Waals surface area contributed by atoms with Crippen molar-refractivity contribution >= 4 is 49.8 Å². The first-order valence-corrected chi connectivity index (χ1v) is 12.9. The number of nitrogens with zero attached hydrogens (tertiary/aromatic N) is 3. The van der Waals surface area contributed by atoms with E-state index in [1.165, 1.54) is 42.3 Å². The van der Waals surface area contributed by atoms with E-state index in [1.807, 2.05) is 20.8 Å². The van der Waals surface area contributed by atoms with E-state index in [4.69, 9.17) is 4.74 Å². The Kier molecular flexibility index (Phi) is 7.75. The van der Waals surface area contributed by atoms with Gasteiger partial charge in [0, 0.05) is 5.25 Å². The Bertz CT molecular complexity index is 1160. The maximum absolute atomic E-state index is 13.4. The number of hydrogen-bond acceptors (Lipinski definition) is 8. The van der Waals surface area contributed by atoms with Crippen molar-refractivity contribution in [2.24, 2.45) is 0 Å². The van der Waals surface area contributed by atoms with E-state index in [2.05, 4.69) is 15.5 Å². The lowest BCUT2D eigenvalue weighted by molar-refractivity contribution is -0.114. The fraction of sp³-hybridized carbons (Fsp3) is 0.286. The molecule has 170 valence electrons. The van der Waals surface area contributed by atoms with Crippen molar-refractivity contribution in [1.29, 1.82) is 0 Å². The van der Waals surface area contributed by atoms with Crippen LogP contribution in [0, 0.1) is 6.92 Å². The first-order valence-electron chi connectivity index (χ1n) is 9.72. The van der Waals surface area contributed by atoms with E-state index in [9.17, 15) is 13.2 Å². The number of anilines is 2. The van der Waals surface area contributed by atoms with Crippen LogP contribution >= 0.6 is 23.1 Å². The maximum Gasteiger partial charge on any atom is 0.264 e. The number of nitrogens with one attached hydrogen (secondary N) is 1. The Hall–Kier alpha value is -2.63. The maximum atomic E-state index is 13.4. The van der Waals surface area contributed by atoms with Gasteiger partial charge in [0.15, 0.2) is 4.34 Å². The molecule has 0 unspecified atom stereocenters. The zero-order valence-corrected chi connectivity index (χ0v) is 20.6. The van der Waals surface area contributed by atoms with Crippen molar-refractivity contribution in [2.75, 3.05) is 23.3 Å². The molecule has 8 nitrogen and oxygen atoms in total. The van der Waals surface area contributed by atoms with Gasteiger partial charge >= 0.3 is 0 Å². The fourth-order valence-electron chi connectivity index (χ4n) is 2.70. The summed E-state index contributed by atoms with van der Waals surface area (Å²) >= 11 is 2.79. The Morgan fingerprint density at radius 2 is 1.78 bits per heavy atom. The van der Waals surface area contributed by atoms with Gasteiger partial charge in [-0.15, -0.1) is 10.2 Å². The van der Waals surface area contributed by atoms with E-state index in [1.54, 1.807) is 36.4 Å². The van der Waals surface area contributed by atoms with Gasteiger partial charge in [-0.05, 0) is 43.3 Å². The lowest BCUT2D eigenvalue weighted by Crippen LogP contribution is -2.38. The molecule has 0 aliphatic heterocycles. The molecular weight excluding hydrogens is 468 g/mol. The van der Waals surface area contributed by atoms with E-state index in [-0.39, 0.29) is 4.90 Å². The summed E-state index contributed by atoms with van der Waals surface area (Å²) in [6, 6.07) is 13.0. The molecule has 0 atom stereocenters. The van der Waals surface area contributed by atoms with Crippen LogP contribution in [0.5, 0.6) is 5.75 Å². The second kappa shape index (κ2) is 10.3. The summed E-state index contributed by atoms with van der Waals surface area (Å²) in [6.07, 6.45) is 0. The van der Waals surface area contributed by atoms with Gasteiger partial charge in [-0.3, -0.25) is 14.4 Å². The highest BCUT2D eigenvalue weighted by molar-refractivity contribution is 8.01. The van der Waals surface area contributed by atoms with Gasteiger partial charge in [0.05, 0.1) is 17.7 Å². The zero-order valence-electron chi connectivity index (χ0n) is 18.1. The van der Waals surface area contributed by atoms with Crippen LogP contribution in [0.4, 0.5) is 10.8 Å². The van der Waals surface area contributed by atoms with Crippen molar-refractivity contribution in [3.05, 3.63) is 54.1 Å². The van der Waals surface area contributed by atoms with Crippen LogP contribution < -0.4 is 14.4 Å². The minimum atomic E-state index is -3.99. The van der Waals surface area contributed by atoms with Crippen LogP contribution in [-0.4, -0.2) is 43.4 Å². The normalized spacial score (nSPS) is 11.4. The summed E-state index contributed by atoms with van der Waals surface area (Å²) in [5, 5.41) is 11.3. The average molecular weight is 493 g/mol. The van der Waals surface area contributed by atoms with Crippen molar-refractivity contribution in [1.82, 2.24) is 10.2 Å². The quantitative estimate of drug-likeness (QED) is 0.353. The van der Waals surface area contributed by atoms with Crippen LogP contribution in [0.25, 0.3) is 0 Å². The number of ether oxygens (including phenoxy) is 1. The lowest BCUT2D eigenvalue weighted by atomic mass is 10.2. The number of carbonyl (C=O) groups is 1. The molecule has 0 fully saturated rings. The van der Waals surface area contributed by atoms with Crippen molar-refractivity contribution < 1.29 is 17.9 Å². The Labute approximate surface area is 196 Å². The number of aryl methyl sites for hydroxylation is 1. The van der Waals surface area contributed by atoms with Gasteiger partial charge < -0.3 is 4.74 Å². The molecule has 1 aromatic heterocycles. The third-order valence-corrected chi connectivity index (χ3v) is 7.96. The monoisotopic (exact) mass is 492 g/mol. The Morgan fingerprint density at radius 1 is 1.12 bits per heavy atom. The van der Waals surface area contributed by atoms with Crippen LogP contribution in [0.15, 0.2) is 57.8 Å². The SMILES string of the molecule is COc1ccc(N(CC(=O)Nc2nnc(SC(C)C)s2)S(=O)(=O)c2ccc(C)cc2)cc1. The zero-order chi connectivity index (χ0) is 23.3. The second-order valence-electron chi connectivity index (χ2n) is 7.11. The minimum absolute atomic E-state index is 0.0956. The summed E-state index contributed by atoms with van der Waals surface area (Å²) < 4.78 is 33.8. The standard InChI is InChI=1S/C21H24N4O4S3/c1-14(2)30-21-24-23-20(31-21)22-19(26)13-25(16-7-9-17(29-4)10-8-16)32(27,28)18-11-5-15(3)6-12-18/h5-12,14H,13H2,1-4H3,(H,22,23,26). The summed E-state index contributed by atoms with van der Waals surface area (Å²) in [7, 11) is -2.47. The Morgan fingerprint density at radius 3 is 2.38 bits per heavy atom. The lowest BCUT2D eigenvalue weighted by Gasteiger charge is -2.24. The van der Waals surface area contributed by atoms with Gasteiger partial charge in [0.25, 0.3) is 10.0 Å². The van der Waals surface area contributed by atoms with Crippen LogP contribution in [0.2, 0.25) is 0 Å². The molecular formula is C21H24N4O4S3. The van der Waals surface area contributed by atoms with Gasteiger partial charge in [0.1, 0.15) is 12.3 Å². The number of benzene rings is 2.